The van der Waals surface area contributed by atoms with Gasteiger partial charge in [-0.2, -0.15) is 0 Å². The lowest BCUT2D eigenvalue weighted by Gasteiger charge is -2.24. The number of hydrogen-bond acceptors (Lipinski definition) is 4. The van der Waals surface area contributed by atoms with Crippen molar-refractivity contribution >= 4 is 11.7 Å². The minimum absolute atomic E-state index is 0.410. The maximum absolute atomic E-state index is 11.4. The number of aryl methyl sites for hydroxylation is 1. The van der Waals surface area contributed by atoms with E-state index >= 15 is 0 Å². The average molecular weight is 264 g/mol. The summed E-state index contributed by atoms with van der Waals surface area (Å²) in [7, 11) is 4.11. The van der Waals surface area contributed by atoms with Crippen molar-refractivity contribution in [2.24, 2.45) is 5.73 Å². The average Bonchev–Trinajstić information content (AvgIpc) is 2.33. The molecule has 1 aromatic heterocycles. The Morgan fingerprint density at radius 1 is 1.47 bits per heavy atom. The number of carbonyl (C=O) groups excluding carboxylic acids is 1. The molecule has 0 spiro atoms. The van der Waals surface area contributed by atoms with Crippen molar-refractivity contribution in [3.63, 3.8) is 0 Å². The van der Waals surface area contributed by atoms with Gasteiger partial charge in [0, 0.05) is 18.3 Å². The quantitative estimate of drug-likeness (QED) is 0.785. The van der Waals surface area contributed by atoms with Crippen LogP contribution in [0.5, 0.6) is 0 Å². The molecule has 0 aliphatic carbocycles. The van der Waals surface area contributed by atoms with Crippen molar-refractivity contribution in [2.75, 3.05) is 26.0 Å². The zero-order valence-electron chi connectivity index (χ0n) is 12.2. The summed E-state index contributed by atoms with van der Waals surface area (Å²) in [6, 6.07) is 3.92. The minimum Gasteiger partial charge on any atom is -0.368 e. The molecule has 3 N–H and O–H groups in total. The van der Waals surface area contributed by atoms with E-state index in [1.165, 1.54) is 0 Å². The molecule has 1 rings (SSSR count). The third-order valence-corrected chi connectivity index (χ3v) is 3.16. The zero-order valence-corrected chi connectivity index (χ0v) is 12.2. The van der Waals surface area contributed by atoms with E-state index in [-0.39, 0.29) is 0 Å². The standard InChI is InChI=1S/C14H24N4O/c1-5-6-11(18(3)4)9-16-14-12(13(15)19)8-7-10(2)17-14/h7-8,11H,5-6,9H2,1-4H3,(H2,15,19)(H,16,17). The largest absolute Gasteiger partial charge is 0.368 e. The number of carbonyl (C=O) groups is 1. The third-order valence-electron chi connectivity index (χ3n) is 3.16. The number of amides is 1. The highest BCUT2D eigenvalue weighted by Gasteiger charge is 2.13. The molecule has 5 nitrogen and oxygen atoms in total. The number of pyridine rings is 1. The molecular weight excluding hydrogens is 240 g/mol. The molecule has 0 saturated carbocycles. The maximum Gasteiger partial charge on any atom is 0.252 e. The Morgan fingerprint density at radius 2 is 2.16 bits per heavy atom. The SMILES string of the molecule is CCCC(CNc1nc(C)ccc1C(N)=O)N(C)C. The van der Waals surface area contributed by atoms with Crippen molar-refractivity contribution in [1.29, 1.82) is 0 Å². The number of nitrogens with one attached hydrogen (secondary N) is 1. The van der Waals surface area contributed by atoms with Gasteiger partial charge in [0.15, 0.2) is 0 Å². The first-order valence-electron chi connectivity index (χ1n) is 6.63. The zero-order chi connectivity index (χ0) is 14.4. The second-order valence-corrected chi connectivity index (χ2v) is 5.00. The Bertz CT molecular complexity index is 431. The van der Waals surface area contributed by atoms with Gasteiger partial charge in [0.1, 0.15) is 5.82 Å². The van der Waals surface area contributed by atoms with Crippen LogP contribution in [-0.4, -0.2) is 42.5 Å². The van der Waals surface area contributed by atoms with Gasteiger partial charge in [0.25, 0.3) is 5.91 Å². The monoisotopic (exact) mass is 264 g/mol. The van der Waals surface area contributed by atoms with Gasteiger partial charge in [-0.1, -0.05) is 13.3 Å². The molecule has 1 unspecified atom stereocenters. The first kappa shape index (κ1) is 15.4. The van der Waals surface area contributed by atoms with Crippen molar-refractivity contribution in [3.8, 4) is 0 Å². The molecule has 0 radical (unpaired) electrons. The second-order valence-electron chi connectivity index (χ2n) is 5.00. The fraction of sp³-hybridized carbons (Fsp3) is 0.571. The van der Waals surface area contributed by atoms with Crippen LogP contribution in [0.1, 0.15) is 35.8 Å². The van der Waals surface area contributed by atoms with E-state index in [1.807, 2.05) is 6.92 Å². The smallest absolute Gasteiger partial charge is 0.252 e. The van der Waals surface area contributed by atoms with Crippen molar-refractivity contribution in [1.82, 2.24) is 9.88 Å². The summed E-state index contributed by atoms with van der Waals surface area (Å²) in [4.78, 5) is 17.9. The Labute approximate surface area is 115 Å². The minimum atomic E-state index is -0.452. The van der Waals surface area contributed by atoms with Crippen LogP contribution >= 0.6 is 0 Å². The highest BCUT2D eigenvalue weighted by molar-refractivity contribution is 5.97. The van der Waals surface area contributed by atoms with Gasteiger partial charge in [0.05, 0.1) is 5.56 Å². The van der Waals surface area contributed by atoms with E-state index < -0.39 is 5.91 Å². The second kappa shape index (κ2) is 7.09. The fourth-order valence-corrected chi connectivity index (χ4v) is 1.98. The molecule has 0 fully saturated rings. The van der Waals surface area contributed by atoms with Crippen molar-refractivity contribution < 1.29 is 4.79 Å². The van der Waals surface area contributed by atoms with Crippen LogP contribution in [0.2, 0.25) is 0 Å². The van der Waals surface area contributed by atoms with Crippen LogP contribution in [0.3, 0.4) is 0 Å². The molecule has 0 aliphatic rings. The number of hydrogen-bond donors (Lipinski definition) is 2. The Balaban J connectivity index is 2.80. The van der Waals surface area contributed by atoms with E-state index in [9.17, 15) is 4.79 Å². The van der Waals surface area contributed by atoms with Gasteiger partial charge >= 0.3 is 0 Å². The van der Waals surface area contributed by atoms with E-state index in [0.717, 1.165) is 25.1 Å². The van der Waals surface area contributed by atoms with Gasteiger partial charge in [-0.05, 0) is 39.6 Å². The summed E-state index contributed by atoms with van der Waals surface area (Å²) in [6.45, 7) is 4.80. The number of nitrogens with zero attached hydrogens (tertiary/aromatic N) is 2. The van der Waals surface area contributed by atoms with E-state index in [1.54, 1.807) is 12.1 Å². The van der Waals surface area contributed by atoms with Gasteiger partial charge in [-0.25, -0.2) is 4.98 Å². The predicted octanol–water partition coefficient (Wildman–Crippen LogP) is 1.63. The summed E-state index contributed by atoms with van der Waals surface area (Å²) in [5.41, 5.74) is 6.67. The molecule has 0 aromatic carbocycles. The van der Waals surface area contributed by atoms with Crippen molar-refractivity contribution in [2.45, 2.75) is 32.7 Å². The third kappa shape index (κ3) is 4.52. The predicted molar refractivity (Wildman–Crippen MR) is 78.4 cm³/mol. The van der Waals surface area contributed by atoms with Gasteiger partial charge in [-0.15, -0.1) is 0 Å². The molecule has 0 bridgehead atoms. The highest BCUT2D eigenvalue weighted by Crippen LogP contribution is 2.14. The summed E-state index contributed by atoms with van der Waals surface area (Å²) in [5, 5.41) is 3.25. The molecule has 1 heterocycles. The molecule has 5 heteroatoms. The van der Waals surface area contributed by atoms with Crippen LogP contribution in [-0.2, 0) is 0 Å². The van der Waals surface area contributed by atoms with Crippen LogP contribution in [0.15, 0.2) is 12.1 Å². The normalized spacial score (nSPS) is 12.5. The van der Waals surface area contributed by atoms with Gasteiger partial charge < -0.3 is 16.0 Å². The summed E-state index contributed by atoms with van der Waals surface area (Å²) < 4.78 is 0. The molecular formula is C14H24N4O. The summed E-state index contributed by atoms with van der Waals surface area (Å²) in [5.74, 6) is 0.127. The molecule has 106 valence electrons. The number of likely N-dealkylation sites (N-methyl/N-ethyl adjacent to an activating group) is 1. The molecule has 1 amide bonds. The van der Waals surface area contributed by atoms with Gasteiger partial charge in [0.2, 0.25) is 0 Å². The molecule has 0 aliphatic heterocycles. The van der Waals surface area contributed by atoms with E-state index in [2.05, 4.69) is 36.2 Å². The Kier molecular flexibility index (Phi) is 5.76. The maximum atomic E-state index is 11.4. The molecule has 1 aromatic rings. The fourth-order valence-electron chi connectivity index (χ4n) is 1.98. The highest BCUT2D eigenvalue weighted by atomic mass is 16.1. The number of primary amides is 1. The first-order chi connectivity index (χ1) is 8.95. The Hall–Kier alpha value is -1.62. The number of nitrogens with two attached hydrogens (primary N) is 1. The number of aromatic nitrogens is 1. The van der Waals surface area contributed by atoms with Crippen LogP contribution < -0.4 is 11.1 Å². The number of anilines is 1. The van der Waals surface area contributed by atoms with Crippen LogP contribution in [0.4, 0.5) is 5.82 Å². The van der Waals surface area contributed by atoms with Crippen LogP contribution in [0, 0.1) is 6.92 Å². The van der Waals surface area contributed by atoms with Crippen molar-refractivity contribution in [3.05, 3.63) is 23.4 Å². The molecule has 0 saturated heterocycles. The lowest BCUT2D eigenvalue weighted by Crippen LogP contribution is -2.35. The summed E-state index contributed by atoms with van der Waals surface area (Å²) >= 11 is 0. The summed E-state index contributed by atoms with van der Waals surface area (Å²) in [6.07, 6.45) is 2.21. The van der Waals surface area contributed by atoms with Gasteiger partial charge in [-0.3, -0.25) is 4.79 Å². The lowest BCUT2D eigenvalue weighted by molar-refractivity contribution is 0.100. The molecule has 1 atom stereocenters. The first-order valence-corrected chi connectivity index (χ1v) is 6.63. The van der Waals surface area contributed by atoms with E-state index in [0.29, 0.717) is 17.4 Å². The number of rotatable bonds is 7. The Morgan fingerprint density at radius 3 is 2.68 bits per heavy atom. The van der Waals surface area contributed by atoms with E-state index in [4.69, 9.17) is 5.73 Å². The van der Waals surface area contributed by atoms with Crippen LogP contribution in [0.25, 0.3) is 0 Å². The topological polar surface area (TPSA) is 71.2 Å². The molecule has 19 heavy (non-hydrogen) atoms. The lowest BCUT2D eigenvalue weighted by atomic mass is 10.1.